The lowest BCUT2D eigenvalue weighted by molar-refractivity contribution is 0.284. The molecule has 3 aromatic rings. The molecule has 0 amide bonds. The molecule has 0 aliphatic carbocycles. The third-order valence-corrected chi connectivity index (χ3v) is 3.19. The van der Waals surface area contributed by atoms with Gasteiger partial charge in [0.15, 0.2) is 5.75 Å². The molecule has 0 saturated heterocycles. The Morgan fingerprint density at radius 1 is 1.24 bits per heavy atom. The van der Waals surface area contributed by atoms with Crippen LogP contribution in [-0.4, -0.2) is 21.1 Å². The number of rotatable bonds is 5. The molecular formula is C15H14FN3O2. The van der Waals surface area contributed by atoms with Crippen molar-refractivity contribution in [2.75, 3.05) is 6.61 Å². The molecule has 6 heteroatoms. The number of aromatic amines is 1. The first kappa shape index (κ1) is 13.4. The maximum Gasteiger partial charge on any atom is 0.326 e. The van der Waals surface area contributed by atoms with E-state index < -0.39 is 5.95 Å². The zero-order chi connectivity index (χ0) is 14.7. The first-order valence-corrected chi connectivity index (χ1v) is 6.66. The molecule has 0 fully saturated rings. The van der Waals surface area contributed by atoms with Gasteiger partial charge in [-0.25, -0.2) is 9.78 Å². The lowest BCUT2D eigenvalue weighted by Gasteiger charge is -2.07. The summed E-state index contributed by atoms with van der Waals surface area (Å²) < 4.78 is 20.2. The summed E-state index contributed by atoms with van der Waals surface area (Å²) in [7, 11) is 0. The van der Waals surface area contributed by atoms with Crippen LogP contribution < -0.4 is 10.4 Å². The van der Waals surface area contributed by atoms with E-state index in [0.29, 0.717) is 19.6 Å². The molecule has 2 heterocycles. The summed E-state index contributed by atoms with van der Waals surface area (Å²) in [5.41, 5.74) is 1.51. The molecule has 21 heavy (non-hydrogen) atoms. The van der Waals surface area contributed by atoms with E-state index in [-0.39, 0.29) is 11.4 Å². The van der Waals surface area contributed by atoms with Crippen LogP contribution in [0.25, 0.3) is 11.0 Å². The molecule has 0 atom stereocenters. The van der Waals surface area contributed by atoms with Gasteiger partial charge in [0.1, 0.15) is 0 Å². The third-order valence-electron chi connectivity index (χ3n) is 3.19. The number of aryl methyl sites for hydroxylation is 1. The number of nitrogens with one attached hydrogen (secondary N) is 1. The Bertz CT molecular complexity index is 810. The molecule has 1 N–H and O–H groups in total. The Balaban J connectivity index is 1.64. The van der Waals surface area contributed by atoms with Crippen LogP contribution in [0.5, 0.6) is 5.75 Å². The fraction of sp³-hybridized carbons (Fsp3) is 0.200. The molecule has 2 aromatic heterocycles. The number of aromatic nitrogens is 3. The molecule has 0 unspecified atom stereocenters. The SMILES string of the molecule is O=c1[nH]c2ccccc2n1CCCOc1cccnc1F. The average Bonchev–Trinajstić information content (AvgIpc) is 2.81. The lowest BCUT2D eigenvalue weighted by atomic mass is 10.3. The van der Waals surface area contributed by atoms with Gasteiger partial charge in [0, 0.05) is 12.7 Å². The standard InChI is InChI=1S/C15H14FN3O2/c16-14-13(7-3-8-17-14)21-10-4-9-19-12-6-2-1-5-11(12)18-15(19)20/h1-3,5-8H,4,9-10H2,(H,18,20). The highest BCUT2D eigenvalue weighted by atomic mass is 19.1. The predicted molar refractivity (Wildman–Crippen MR) is 76.9 cm³/mol. The second kappa shape index (κ2) is 5.78. The maximum absolute atomic E-state index is 13.3. The van der Waals surface area contributed by atoms with Crippen LogP contribution in [0.2, 0.25) is 0 Å². The minimum Gasteiger partial charge on any atom is -0.489 e. The van der Waals surface area contributed by atoms with Gasteiger partial charge in [-0.1, -0.05) is 12.1 Å². The van der Waals surface area contributed by atoms with E-state index in [0.717, 1.165) is 11.0 Å². The van der Waals surface area contributed by atoms with Crippen LogP contribution in [0.4, 0.5) is 4.39 Å². The fourth-order valence-electron chi connectivity index (χ4n) is 2.21. The summed E-state index contributed by atoms with van der Waals surface area (Å²) >= 11 is 0. The number of hydrogen-bond donors (Lipinski definition) is 1. The quantitative estimate of drug-likeness (QED) is 0.579. The van der Waals surface area contributed by atoms with E-state index >= 15 is 0 Å². The number of benzene rings is 1. The largest absolute Gasteiger partial charge is 0.489 e. The van der Waals surface area contributed by atoms with Gasteiger partial charge < -0.3 is 9.72 Å². The van der Waals surface area contributed by atoms with Crippen molar-refractivity contribution in [1.29, 1.82) is 0 Å². The minimum absolute atomic E-state index is 0.128. The molecule has 108 valence electrons. The Morgan fingerprint density at radius 3 is 2.95 bits per heavy atom. The zero-order valence-corrected chi connectivity index (χ0v) is 11.3. The van der Waals surface area contributed by atoms with Gasteiger partial charge in [0.2, 0.25) is 0 Å². The van der Waals surface area contributed by atoms with Crippen molar-refractivity contribution in [1.82, 2.24) is 14.5 Å². The summed E-state index contributed by atoms with van der Waals surface area (Å²) in [4.78, 5) is 18.2. The van der Waals surface area contributed by atoms with Gasteiger partial charge >= 0.3 is 5.69 Å². The van der Waals surface area contributed by atoms with Gasteiger partial charge in [-0.15, -0.1) is 0 Å². The van der Waals surface area contributed by atoms with Crippen LogP contribution >= 0.6 is 0 Å². The van der Waals surface area contributed by atoms with E-state index in [9.17, 15) is 9.18 Å². The molecule has 0 saturated carbocycles. The number of pyridine rings is 1. The summed E-state index contributed by atoms with van der Waals surface area (Å²) in [5.74, 6) is -0.495. The normalized spacial score (nSPS) is 10.9. The maximum atomic E-state index is 13.3. The van der Waals surface area contributed by atoms with Gasteiger partial charge in [-0.2, -0.15) is 4.39 Å². The topological polar surface area (TPSA) is 59.9 Å². The molecule has 0 spiro atoms. The summed E-state index contributed by atoms with van der Waals surface area (Å²) in [6, 6.07) is 10.6. The Hall–Kier alpha value is -2.63. The van der Waals surface area contributed by atoms with Crippen molar-refractivity contribution in [3.63, 3.8) is 0 Å². The van der Waals surface area contributed by atoms with Crippen LogP contribution in [0.1, 0.15) is 6.42 Å². The summed E-state index contributed by atoms with van der Waals surface area (Å²) in [5, 5.41) is 0. The van der Waals surface area contributed by atoms with Crippen LogP contribution in [0.15, 0.2) is 47.4 Å². The summed E-state index contributed by atoms with van der Waals surface area (Å²) in [6.45, 7) is 0.819. The van der Waals surface area contributed by atoms with Crippen molar-refractivity contribution < 1.29 is 9.13 Å². The third kappa shape index (κ3) is 2.79. The van der Waals surface area contributed by atoms with Crippen molar-refractivity contribution in [3.05, 3.63) is 59.0 Å². The number of hydrogen-bond acceptors (Lipinski definition) is 3. The van der Waals surface area contributed by atoms with E-state index in [1.165, 1.54) is 12.3 Å². The molecule has 0 bridgehead atoms. The van der Waals surface area contributed by atoms with Crippen molar-refractivity contribution >= 4 is 11.0 Å². The number of para-hydroxylation sites is 2. The molecule has 5 nitrogen and oxygen atoms in total. The molecular weight excluding hydrogens is 273 g/mol. The number of H-pyrrole nitrogens is 1. The highest BCUT2D eigenvalue weighted by molar-refractivity contribution is 5.74. The number of fused-ring (bicyclic) bond motifs is 1. The molecule has 1 aromatic carbocycles. The second-order valence-corrected chi connectivity index (χ2v) is 4.59. The number of halogens is 1. The summed E-state index contributed by atoms with van der Waals surface area (Å²) in [6.07, 6.45) is 1.96. The number of imidazole rings is 1. The van der Waals surface area contributed by atoms with E-state index in [2.05, 4.69) is 9.97 Å². The van der Waals surface area contributed by atoms with Crippen LogP contribution in [0, 0.1) is 5.95 Å². The zero-order valence-electron chi connectivity index (χ0n) is 11.3. The highest BCUT2D eigenvalue weighted by Gasteiger charge is 2.06. The first-order chi connectivity index (χ1) is 10.3. The second-order valence-electron chi connectivity index (χ2n) is 4.59. The smallest absolute Gasteiger partial charge is 0.326 e. The van der Waals surface area contributed by atoms with Crippen molar-refractivity contribution in [2.24, 2.45) is 0 Å². The molecule has 0 radical (unpaired) electrons. The van der Waals surface area contributed by atoms with Crippen molar-refractivity contribution in [3.8, 4) is 5.75 Å². The number of ether oxygens (including phenoxy) is 1. The Kier molecular flexibility index (Phi) is 3.68. The average molecular weight is 287 g/mol. The van der Waals surface area contributed by atoms with Gasteiger partial charge in [0.25, 0.3) is 5.95 Å². The first-order valence-electron chi connectivity index (χ1n) is 6.66. The van der Waals surface area contributed by atoms with Gasteiger partial charge in [0.05, 0.1) is 17.6 Å². The minimum atomic E-state index is -0.623. The predicted octanol–water partition coefficient (Wildman–Crippen LogP) is 2.33. The van der Waals surface area contributed by atoms with Gasteiger partial charge in [-0.05, 0) is 30.7 Å². The van der Waals surface area contributed by atoms with E-state index in [1.807, 2.05) is 24.3 Å². The molecule has 0 aliphatic rings. The lowest BCUT2D eigenvalue weighted by Crippen LogP contribution is -2.18. The van der Waals surface area contributed by atoms with Gasteiger partial charge in [-0.3, -0.25) is 4.57 Å². The Labute approximate surface area is 120 Å². The number of nitrogens with zero attached hydrogens (tertiary/aromatic N) is 2. The molecule has 3 rings (SSSR count). The fourth-order valence-corrected chi connectivity index (χ4v) is 2.21. The van der Waals surface area contributed by atoms with Crippen molar-refractivity contribution in [2.45, 2.75) is 13.0 Å². The van der Waals surface area contributed by atoms with E-state index in [1.54, 1.807) is 10.6 Å². The van der Waals surface area contributed by atoms with Crippen LogP contribution in [-0.2, 0) is 6.54 Å². The van der Waals surface area contributed by atoms with E-state index in [4.69, 9.17) is 4.74 Å². The Morgan fingerprint density at radius 2 is 2.10 bits per heavy atom. The monoisotopic (exact) mass is 287 g/mol. The highest BCUT2D eigenvalue weighted by Crippen LogP contribution is 2.13. The molecule has 0 aliphatic heterocycles. The van der Waals surface area contributed by atoms with Crippen LogP contribution in [0.3, 0.4) is 0 Å².